The van der Waals surface area contributed by atoms with Crippen LogP contribution in [0.3, 0.4) is 0 Å². The van der Waals surface area contributed by atoms with Crippen molar-refractivity contribution in [3.63, 3.8) is 0 Å². The third kappa shape index (κ3) is 8.37. The van der Waals surface area contributed by atoms with E-state index in [1.165, 1.54) is 12.1 Å². The number of nitrogens with one attached hydrogen (secondary N) is 2. The van der Waals surface area contributed by atoms with Crippen LogP contribution in [0.4, 0.5) is 4.39 Å². The number of benzene rings is 3. The number of nitrogens with zero attached hydrogens (tertiary/aromatic N) is 1. The highest BCUT2D eigenvalue weighted by molar-refractivity contribution is 7.91. The normalized spacial score (nSPS) is 15.4. The molecular weight excluding hydrogens is 533 g/mol. The summed E-state index contributed by atoms with van der Waals surface area (Å²) in [6, 6.07) is 19.6. The lowest BCUT2D eigenvalue weighted by Gasteiger charge is -2.24. The van der Waals surface area contributed by atoms with E-state index in [4.69, 9.17) is 4.74 Å². The molecule has 2 N–H and O–H groups in total. The van der Waals surface area contributed by atoms with Crippen molar-refractivity contribution in [1.29, 1.82) is 0 Å². The minimum Gasteiger partial charge on any atom is -0.493 e. The van der Waals surface area contributed by atoms with Crippen LogP contribution in [0.25, 0.3) is 0 Å². The van der Waals surface area contributed by atoms with Crippen molar-refractivity contribution >= 4 is 21.7 Å². The van der Waals surface area contributed by atoms with Gasteiger partial charge in [-0.15, -0.1) is 0 Å². The lowest BCUT2D eigenvalue weighted by atomic mass is 10.0. The van der Waals surface area contributed by atoms with Crippen LogP contribution in [-0.4, -0.2) is 57.1 Å². The maximum Gasteiger partial charge on any atom is 0.251 e. The molecule has 0 aromatic heterocycles. The van der Waals surface area contributed by atoms with Gasteiger partial charge in [0.15, 0.2) is 9.84 Å². The van der Waals surface area contributed by atoms with E-state index in [-0.39, 0.29) is 36.2 Å². The molecule has 212 valence electrons. The summed E-state index contributed by atoms with van der Waals surface area (Å²) in [6.45, 7) is 1.84. The van der Waals surface area contributed by atoms with Gasteiger partial charge in [0.2, 0.25) is 5.91 Å². The molecule has 40 heavy (non-hydrogen) atoms. The van der Waals surface area contributed by atoms with Crippen LogP contribution in [0.1, 0.15) is 40.7 Å². The fraction of sp³-hybridized carbons (Fsp3) is 0.333. The van der Waals surface area contributed by atoms with E-state index in [9.17, 15) is 22.4 Å². The van der Waals surface area contributed by atoms with E-state index in [2.05, 4.69) is 10.6 Å². The predicted octanol–water partition coefficient (Wildman–Crippen LogP) is 3.71. The second-order valence-electron chi connectivity index (χ2n) is 9.70. The zero-order valence-electron chi connectivity index (χ0n) is 22.3. The summed E-state index contributed by atoms with van der Waals surface area (Å²) in [5.74, 6) is -0.837. The van der Waals surface area contributed by atoms with Gasteiger partial charge >= 0.3 is 0 Å². The molecule has 1 heterocycles. The molecule has 0 unspecified atom stereocenters. The van der Waals surface area contributed by atoms with Crippen molar-refractivity contribution in [2.45, 2.75) is 37.2 Å². The van der Waals surface area contributed by atoms with E-state index in [1.807, 2.05) is 41.3 Å². The number of hydrogen-bond acceptors (Lipinski definition) is 6. The van der Waals surface area contributed by atoms with Crippen LogP contribution < -0.4 is 15.4 Å². The first-order valence-corrected chi connectivity index (χ1v) is 15.0. The molecule has 0 saturated carbocycles. The maximum atomic E-state index is 13.3. The molecular formula is C30H34FN3O5S. The number of carbonyl (C=O) groups excluding carboxylic acids is 2. The van der Waals surface area contributed by atoms with Gasteiger partial charge in [-0.2, -0.15) is 0 Å². The number of carbonyl (C=O) groups is 2. The van der Waals surface area contributed by atoms with Crippen LogP contribution in [0.15, 0.2) is 77.7 Å². The second kappa shape index (κ2) is 14.0. The molecule has 3 aromatic rings. The lowest BCUT2D eigenvalue weighted by Crippen LogP contribution is -2.37. The summed E-state index contributed by atoms with van der Waals surface area (Å²) in [4.78, 5) is 28.0. The Morgan fingerprint density at radius 3 is 2.50 bits per heavy atom. The van der Waals surface area contributed by atoms with Crippen LogP contribution in [0, 0.1) is 5.82 Å². The Morgan fingerprint density at radius 1 is 0.950 bits per heavy atom. The van der Waals surface area contributed by atoms with Gasteiger partial charge in [0, 0.05) is 37.3 Å². The third-order valence-corrected chi connectivity index (χ3v) is 8.34. The Balaban J connectivity index is 1.55. The lowest BCUT2D eigenvalue weighted by molar-refractivity contribution is -0.122. The number of amides is 2. The molecule has 0 saturated heterocycles. The van der Waals surface area contributed by atoms with Gasteiger partial charge in [-0.3, -0.25) is 14.5 Å². The summed E-state index contributed by atoms with van der Waals surface area (Å²) in [5.41, 5.74) is 2.00. The molecule has 0 spiro atoms. The molecule has 0 aliphatic carbocycles. The van der Waals surface area contributed by atoms with Crippen LogP contribution in [-0.2, 0) is 27.7 Å². The Hall–Kier alpha value is -3.76. The molecule has 0 radical (unpaired) electrons. The average molecular weight is 568 g/mol. The highest BCUT2D eigenvalue weighted by Gasteiger charge is 2.22. The van der Waals surface area contributed by atoms with E-state index in [0.717, 1.165) is 37.0 Å². The first-order valence-electron chi connectivity index (χ1n) is 13.4. The smallest absolute Gasteiger partial charge is 0.251 e. The quantitative estimate of drug-likeness (QED) is 0.422. The summed E-state index contributed by atoms with van der Waals surface area (Å²) < 4.78 is 44.6. The van der Waals surface area contributed by atoms with E-state index in [0.29, 0.717) is 36.6 Å². The summed E-state index contributed by atoms with van der Waals surface area (Å²) in [5, 5.41) is 5.69. The van der Waals surface area contributed by atoms with Gasteiger partial charge in [0.05, 0.1) is 23.8 Å². The monoisotopic (exact) mass is 567 g/mol. The highest BCUT2D eigenvalue weighted by atomic mass is 32.2. The summed E-state index contributed by atoms with van der Waals surface area (Å²) >= 11 is 0. The van der Waals surface area contributed by atoms with Gasteiger partial charge < -0.3 is 15.4 Å². The highest BCUT2D eigenvalue weighted by Crippen LogP contribution is 2.26. The SMILES string of the molecule is O=C1CN(Cc2ccccc2)Cc2c(cccc2C(=O)NCCS(=O)(=O)c2ccc(F)cc2)OCCCCCN1. The van der Waals surface area contributed by atoms with E-state index < -0.39 is 21.6 Å². The molecule has 4 rings (SSSR count). The number of fused-ring (bicyclic) bond motifs is 1. The number of rotatable bonds is 7. The second-order valence-corrected chi connectivity index (χ2v) is 11.8. The van der Waals surface area contributed by atoms with Gasteiger partial charge in [0.1, 0.15) is 11.6 Å². The van der Waals surface area contributed by atoms with Crippen LogP contribution in [0.2, 0.25) is 0 Å². The number of halogens is 1. The van der Waals surface area contributed by atoms with E-state index >= 15 is 0 Å². The van der Waals surface area contributed by atoms with Crippen molar-refractivity contribution < 1.29 is 27.1 Å². The largest absolute Gasteiger partial charge is 0.493 e. The predicted molar refractivity (Wildman–Crippen MR) is 150 cm³/mol. The van der Waals surface area contributed by atoms with Crippen molar-refractivity contribution in [3.8, 4) is 5.75 Å². The van der Waals surface area contributed by atoms with Crippen LogP contribution in [0.5, 0.6) is 5.75 Å². The van der Waals surface area contributed by atoms with Gasteiger partial charge in [-0.1, -0.05) is 36.4 Å². The number of ether oxygens (including phenoxy) is 1. The fourth-order valence-electron chi connectivity index (χ4n) is 4.54. The fourth-order valence-corrected chi connectivity index (χ4v) is 5.69. The minimum atomic E-state index is -3.71. The van der Waals surface area contributed by atoms with E-state index in [1.54, 1.807) is 12.1 Å². The standard InChI is InChI=1S/C30H34FN3O5S/c31-24-12-14-25(15-13-24)40(37,38)19-17-33-30(36)26-10-7-11-28-27(26)21-34(20-23-8-3-1-4-9-23)22-29(35)32-16-5-2-6-18-39-28/h1,3-4,7-15H,2,5-6,16-22H2,(H,32,35)(H,33,36). The Bertz CT molecular complexity index is 1400. The molecule has 8 nitrogen and oxygen atoms in total. The third-order valence-electron chi connectivity index (χ3n) is 6.61. The van der Waals surface area contributed by atoms with Gasteiger partial charge in [-0.25, -0.2) is 12.8 Å². The molecule has 10 heteroatoms. The first kappa shape index (κ1) is 29.2. The molecule has 3 aromatic carbocycles. The molecule has 2 amide bonds. The first-order chi connectivity index (χ1) is 19.3. The number of sulfone groups is 1. The summed E-state index contributed by atoms with van der Waals surface area (Å²) in [6.07, 6.45) is 2.55. The zero-order valence-corrected chi connectivity index (χ0v) is 23.1. The Morgan fingerprint density at radius 2 is 1.73 bits per heavy atom. The number of hydrogen-bond donors (Lipinski definition) is 2. The average Bonchev–Trinajstić information content (AvgIpc) is 2.94. The van der Waals surface area contributed by atoms with Crippen molar-refractivity contribution in [2.24, 2.45) is 0 Å². The molecule has 1 aliphatic rings. The van der Waals surface area contributed by atoms with Crippen molar-refractivity contribution in [3.05, 3.63) is 95.3 Å². The topological polar surface area (TPSA) is 105 Å². The Kier molecular flexibility index (Phi) is 10.3. The van der Waals surface area contributed by atoms with Crippen LogP contribution >= 0.6 is 0 Å². The molecule has 0 atom stereocenters. The van der Waals surface area contributed by atoms with Crippen molar-refractivity contribution in [1.82, 2.24) is 15.5 Å². The Labute approximate surface area is 234 Å². The van der Waals surface area contributed by atoms with Gasteiger partial charge in [0.25, 0.3) is 5.91 Å². The summed E-state index contributed by atoms with van der Waals surface area (Å²) in [7, 11) is -3.71. The molecule has 0 bridgehead atoms. The molecule has 0 fully saturated rings. The maximum absolute atomic E-state index is 13.3. The van der Waals surface area contributed by atoms with Gasteiger partial charge in [-0.05, 0) is 61.2 Å². The molecule has 1 aliphatic heterocycles. The van der Waals surface area contributed by atoms with Crippen molar-refractivity contribution in [2.75, 3.05) is 32.0 Å². The minimum absolute atomic E-state index is 0.00794. The zero-order chi connectivity index (χ0) is 28.4.